The molecule has 0 unspecified atom stereocenters. The number of para-hydroxylation sites is 4. The standard InChI is InChI=1S/C27H33N3O5S/c1-22-10-12-23(13-11-22)36(31,32)30-16-20-34-26-8-4-2-6-24(26)28-14-18-33-19-15-29-25-7-3-5-9-27(25)35-21-17-30/h2-13,28-29H,14-21H2,1H3. The van der Waals surface area contributed by atoms with Gasteiger partial charge in [-0.15, -0.1) is 0 Å². The van der Waals surface area contributed by atoms with E-state index in [9.17, 15) is 8.42 Å². The molecule has 8 nitrogen and oxygen atoms in total. The fourth-order valence-corrected chi connectivity index (χ4v) is 5.23. The van der Waals surface area contributed by atoms with Crippen molar-refractivity contribution in [2.75, 3.05) is 63.2 Å². The number of aryl methyl sites for hydroxylation is 1. The van der Waals surface area contributed by atoms with E-state index in [0.717, 1.165) is 16.9 Å². The molecule has 0 atom stereocenters. The van der Waals surface area contributed by atoms with Crippen LogP contribution in [0, 0.1) is 6.92 Å². The maximum atomic E-state index is 13.5. The molecule has 0 saturated heterocycles. The largest absolute Gasteiger partial charge is 0.490 e. The van der Waals surface area contributed by atoms with E-state index in [1.807, 2.05) is 55.5 Å². The van der Waals surface area contributed by atoms with E-state index in [4.69, 9.17) is 14.2 Å². The van der Waals surface area contributed by atoms with Gasteiger partial charge in [0.2, 0.25) is 10.0 Å². The average Bonchev–Trinajstić information content (AvgIpc) is 2.88. The molecule has 0 radical (unpaired) electrons. The number of rotatable bonds is 2. The molecule has 3 aromatic rings. The Morgan fingerprint density at radius 3 is 1.72 bits per heavy atom. The van der Waals surface area contributed by atoms with Crippen LogP contribution in [0.3, 0.4) is 0 Å². The first-order valence-electron chi connectivity index (χ1n) is 12.1. The highest BCUT2D eigenvalue weighted by molar-refractivity contribution is 7.89. The summed E-state index contributed by atoms with van der Waals surface area (Å²) in [5.74, 6) is 1.33. The molecule has 0 amide bonds. The van der Waals surface area contributed by atoms with Gasteiger partial charge in [-0.2, -0.15) is 4.31 Å². The molecule has 0 saturated carbocycles. The Bertz CT molecular complexity index is 1160. The number of hydrogen-bond donors (Lipinski definition) is 2. The Morgan fingerprint density at radius 2 is 1.19 bits per heavy atom. The summed E-state index contributed by atoms with van der Waals surface area (Å²) < 4.78 is 46.1. The van der Waals surface area contributed by atoms with Crippen molar-refractivity contribution in [3.8, 4) is 11.5 Å². The number of benzene rings is 3. The van der Waals surface area contributed by atoms with Gasteiger partial charge in [-0.05, 0) is 43.3 Å². The predicted molar refractivity (Wildman–Crippen MR) is 142 cm³/mol. The number of nitrogens with one attached hydrogen (secondary N) is 2. The summed E-state index contributed by atoms with van der Waals surface area (Å²) in [6.07, 6.45) is 0. The zero-order chi connectivity index (χ0) is 25.2. The molecule has 4 rings (SSSR count). The first-order chi connectivity index (χ1) is 17.5. The fourth-order valence-electron chi connectivity index (χ4n) is 3.82. The molecule has 0 fully saturated rings. The molecule has 0 aliphatic carbocycles. The molecular weight excluding hydrogens is 478 g/mol. The summed E-state index contributed by atoms with van der Waals surface area (Å²) in [5.41, 5.74) is 2.68. The van der Waals surface area contributed by atoms with Crippen molar-refractivity contribution in [1.29, 1.82) is 0 Å². The smallest absolute Gasteiger partial charge is 0.243 e. The van der Waals surface area contributed by atoms with Crippen LogP contribution in [0.1, 0.15) is 5.56 Å². The third kappa shape index (κ3) is 6.90. The number of sulfonamides is 1. The lowest BCUT2D eigenvalue weighted by atomic mass is 10.2. The molecule has 3 aromatic carbocycles. The summed E-state index contributed by atoms with van der Waals surface area (Å²) in [6, 6.07) is 22.1. The van der Waals surface area contributed by atoms with Crippen molar-refractivity contribution >= 4 is 21.4 Å². The van der Waals surface area contributed by atoms with Crippen LogP contribution in [0.5, 0.6) is 11.5 Å². The maximum absolute atomic E-state index is 13.5. The van der Waals surface area contributed by atoms with Gasteiger partial charge in [0.15, 0.2) is 0 Å². The molecule has 1 heterocycles. The van der Waals surface area contributed by atoms with E-state index >= 15 is 0 Å². The van der Waals surface area contributed by atoms with Crippen LogP contribution in [0.25, 0.3) is 0 Å². The van der Waals surface area contributed by atoms with Crippen molar-refractivity contribution in [2.45, 2.75) is 11.8 Å². The van der Waals surface area contributed by atoms with Crippen molar-refractivity contribution in [2.24, 2.45) is 0 Å². The van der Waals surface area contributed by atoms with E-state index in [-0.39, 0.29) is 31.2 Å². The van der Waals surface area contributed by atoms with Gasteiger partial charge in [-0.25, -0.2) is 8.42 Å². The van der Waals surface area contributed by atoms with Gasteiger partial charge in [-0.1, -0.05) is 42.0 Å². The van der Waals surface area contributed by atoms with Crippen LogP contribution in [-0.4, -0.2) is 65.3 Å². The average molecular weight is 512 g/mol. The highest BCUT2D eigenvalue weighted by Gasteiger charge is 2.24. The Labute approximate surface area is 213 Å². The summed E-state index contributed by atoms with van der Waals surface area (Å²) >= 11 is 0. The number of anilines is 2. The van der Waals surface area contributed by atoms with Crippen LogP contribution < -0.4 is 20.1 Å². The van der Waals surface area contributed by atoms with Crippen LogP contribution in [0.2, 0.25) is 0 Å². The van der Waals surface area contributed by atoms with Gasteiger partial charge >= 0.3 is 0 Å². The Morgan fingerprint density at radius 1 is 0.694 bits per heavy atom. The number of hydrogen-bond acceptors (Lipinski definition) is 7. The number of fused-ring (bicyclic) bond motifs is 2. The van der Waals surface area contributed by atoms with E-state index in [2.05, 4.69) is 10.6 Å². The maximum Gasteiger partial charge on any atom is 0.243 e. The third-order valence-electron chi connectivity index (χ3n) is 5.75. The van der Waals surface area contributed by atoms with Gasteiger partial charge in [0.25, 0.3) is 0 Å². The second-order valence-electron chi connectivity index (χ2n) is 8.37. The molecule has 2 N–H and O–H groups in total. The topological polar surface area (TPSA) is 89.1 Å². The van der Waals surface area contributed by atoms with Gasteiger partial charge in [0.1, 0.15) is 24.7 Å². The van der Waals surface area contributed by atoms with Crippen molar-refractivity contribution < 1.29 is 22.6 Å². The zero-order valence-electron chi connectivity index (χ0n) is 20.5. The van der Waals surface area contributed by atoms with E-state index < -0.39 is 10.0 Å². The second kappa shape index (κ2) is 12.6. The molecular formula is C27H33N3O5S. The van der Waals surface area contributed by atoms with E-state index in [0.29, 0.717) is 37.8 Å². The van der Waals surface area contributed by atoms with Gasteiger partial charge in [-0.3, -0.25) is 0 Å². The molecule has 1 aliphatic heterocycles. The molecule has 36 heavy (non-hydrogen) atoms. The Hall–Kier alpha value is -3.27. The summed E-state index contributed by atoms with van der Waals surface area (Å²) in [5, 5.41) is 6.67. The lowest BCUT2D eigenvalue weighted by Crippen LogP contribution is -2.37. The molecule has 0 spiro atoms. The predicted octanol–water partition coefficient (Wildman–Crippen LogP) is 4.00. The first-order valence-corrected chi connectivity index (χ1v) is 13.5. The minimum absolute atomic E-state index is 0.177. The third-order valence-corrected chi connectivity index (χ3v) is 7.67. The Balaban J connectivity index is 1.55. The SMILES string of the molecule is Cc1ccc(S(=O)(=O)N2CCOc3ccccc3NCCOCCNc3ccccc3OCC2)cc1. The van der Waals surface area contributed by atoms with Crippen molar-refractivity contribution in [3.05, 3.63) is 78.4 Å². The number of nitrogens with zero attached hydrogens (tertiary/aromatic N) is 1. The van der Waals surface area contributed by atoms with Crippen LogP contribution in [0.4, 0.5) is 11.4 Å². The molecule has 9 heteroatoms. The van der Waals surface area contributed by atoms with Gasteiger partial charge in [0.05, 0.1) is 29.5 Å². The summed E-state index contributed by atoms with van der Waals surface area (Å²) in [4.78, 5) is 0.249. The number of ether oxygens (including phenoxy) is 3. The second-order valence-corrected chi connectivity index (χ2v) is 10.3. The molecule has 0 bridgehead atoms. The molecule has 192 valence electrons. The quantitative estimate of drug-likeness (QED) is 0.538. The minimum atomic E-state index is -3.74. The van der Waals surface area contributed by atoms with Gasteiger partial charge < -0.3 is 24.8 Å². The highest BCUT2D eigenvalue weighted by atomic mass is 32.2. The summed E-state index contributed by atoms with van der Waals surface area (Å²) in [6.45, 7) is 4.98. The van der Waals surface area contributed by atoms with Gasteiger partial charge in [0, 0.05) is 26.2 Å². The van der Waals surface area contributed by atoms with Crippen LogP contribution in [0.15, 0.2) is 77.7 Å². The molecule has 0 aromatic heterocycles. The van der Waals surface area contributed by atoms with Crippen molar-refractivity contribution in [1.82, 2.24) is 4.31 Å². The fraction of sp³-hybridized carbons (Fsp3) is 0.333. The van der Waals surface area contributed by atoms with Crippen LogP contribution >= 0.6 is 0 Å². The van der Waals surface area contributed by atoms with E-state index in [1.54, 1.807) is 24.3 Å². The molecule has 1 aliphatic rings. The normalized spacial score (nSPS) is 16.5. The minimum Gasteiger partial charge on any atom is -0.490 e. The summed E-state index contributed by atoms with van der Waals surface area (Å²) in [7, 11) is -3.74. The Kier molecular flexibility index (Phi) is 9.05. The van der Waals surface area contributed by atoms with E-state index in [1.165, 1.54) is 4.31 Å². The first kappa shape index (κ1) is 25.8. The lowest BCUT2D eigenvalue weighted by molar-refractivity contribution is 0.154. The van der Waals surface area contributed by atoms with Crippen molar-refractivity contribution in [3.63, 3.8) is 0 Å². The lowest BCUT2D eigenvalue weighted by Gasteiger charge is -2.23. The highest BCUT2D eigenvalue weighted by Crippen LogP contribution is 2.25. The van der Waals surface area contributed by atoms with Crippen LogP contribution in [-0.2, 0) is 14.8 Å². The zero-order valence-corrected chi connectivity index (χ0v) is 21.3. The monoisotopic (exact) mass is 511 g/mol.